The predicted octanol–water partition coefficient (Wildman–Crippen LogP) is 2.13. The van der Waals surface area contributed by atoms with Gasteiger partial charge in [-0.15, -0.1) is 0 Å². The van der Waals surface area contributed by atoms with Gasteiger partial charge in [0.2, 0.25) is 0 Å². The second kappa shape index (κ2) is 5.51. The van der Waals surface area contributed by atoms with Crippen molar-refractivity contribution in [3.8, 4) is 0 Å². The molecule has 1 aliphatic heterocycles. The summed E-state index contributed by atoms with van der Waals surface area (Å²) in [5, 5.41) is 0. The molecule has 0 aliphatic carbocycles. The lowest BCUT2D eigenvalue weighted by molar-refractivity contribution is 0.211. The number of hydrogen-bond donors (Lipinski definition) is 1. The van der Waals surface area contributed by atoms with Crippen LogP contribution in [-0.2, 0) is 0 Å². The molecule has 1 atom stereocenters. The van der Waals surface area contributed by atoms with Gasteiger partial charge in [0, 0.05) is 29.5 Å². The van der Waals surface area contributed by atoms with Crippen molar-refractivity contribution in [1.82, 2.24) is 4.90 Å². The van der Waals surface area contributed by atoms with Crippen molar-refractivity contribution >= 4 is 29.0 Å². The Labute approximate surface area is 103 Å². The summed E-state index contributed by atoms with van der Waals surface area (Å²) in [6, 6.07) is 0.700. The zero-order valence-electron chi connectivity index (χ0n) is 9.95. The lowest BCUT2D eigenvalue weighted by Gasteiger charge is -2.35. The van der Waals surface area contributed by atoms with Gasteiger partial charge in [0.15, 0.2) is 0 Å². The third kappa shape index (κ3) is 3.93. The van der Waals surface area contributed by atoms with Crippen LogP contribution in [0.5, 0.6) is 0 Å². The number of thiocarbonyl (C=S) groups is 1. The van der Waals surface area contributed by atoms with E-state index in [1.165, 1.54) is 18.1 Å². The molecule has 0 radical (unpaired) electrons. The van der Waals surface area contributed by atoms with Gasteiger partial charge in [-0.2, -0.15) is 11.8 Å². The number of thioether (sulfide) groups is 1. The van der Waals surface area contributed by atoms with Gasteiger partial charge in [0.25, 0.3) is 0 Å². The van der Waals surface area contributed by atoms with E-state index in [1.807, 2.05) is 0 Å². The van der Waals surface area contributed by atoms with Gasteiger partial charge >= 0.3 is 0 Å². The Morgan fingerprint density at radius 2 is 2.27 bits per heavy atom. The third-order valence-corrected chi connectivity index (χ3v) is 4.94. The third-order valence-electron chi connectivity index (χ3n) is 3.20. The van der Waals surface area contributed by atoms with Crippen LogP contribution in [0.25, 0.3) is 0 Å². The fourth-order valence-corrected chi connectivity index (χ4v) is 2.82. The Bertz CT molecular complexity index is 229. The van der Waals surface area contributed by atoms with Crippen LogP contribution in [0.1, 0.15) is 27.2 Å². The summed E-state index contributed by atoms with van der Waals surface area (Å²) in [4.78, 5) is 3.19. The molecule has 15 heavy (non-hydrogen) atoms. The van der Waals surface area contributed by atoms with E-state index in [9.17, 15) is 0 Å². The van der Waals surface area contributed by atoms with Crippen molar-refractivity contribution < 1.29 is 0 Å². The van der Waals surface area contributed by atoms with Gasteiger partial charge in [-0.3, -0.25) is 4.90 Å². The quantitative estimate of drug-likeness (QED) is 0.770. The van der Waals surface area contributed by atoms with Crippen LogP contribution < -0.4 is 5.73 Å². The largest absolute Gasteiger partial charge is 0.393 e. The summed E-state index contributed by atoms with van der Waals surface area (Å²) in [6.45, 7) is 8.91. The molecule has 0 bridgehead atoms. The average molecular weight is 246 g/mol. The van der Waals surface area contributed by atoms with Crippen molar-refractivity contribution in [2.24, 2.45) is 11.1 Å². The highest BCUT2D eigenvalue weighted by atomic mass is 32.2. The van der Waals surface area contributed by atoms with Crippen LogP contribution in [-0.4, -0.2) is 40.5 Å². The van der Waals surface area contributed by atoms with Crippen LogP contribution in [0, 0.1) is 5.41 Å². The first-order chi connectivity index (χ1) is 6.93. The van der Waals surface area contributed by atoms with Crippen molar-refractivity contribution in [2.75, 3.05) is 24.6 Å². The molecule has 1 saturated heterocycles. The van der Waals surface area contributed by atoms with E-state index >= 15 is 0 Å². The molecule has 1 rings (SSSR count). The molecule has 1 unspecified atom stereocenters. The highest BCUT2D eigenvalue weighted by Gasteiger charge is 2.25. The number of nitrogens with two attached hydrogens (primary N) is 1. The molecule has 0 aromatic carbocycles. The summed E-state index contributed by atoms with van der Waals surface area (Å²) in [5.74, 6) is 2.52. The maximum atomic E-state index is 5.73. The minimum Gasteiger partial charge on any atom is -0.393 e. The summed E-state index contributed by atoms with van der Waals surface area (Å²) in [6.07, 6.45) is 1.07. The standard InChI is InChI=1S/C11H22N2S2/c1-9-8-15-7-6-13(9)5-4-11(2,3)10(12)14/h9H,4-8H2,1-3H3,(H2,12,14). The van der Waals surface area contributed by atoms with Crippen molar-refractivity contribution in [2.45, 2.75) is 33.2 Å². The molecular weight excluding hydrogens is 224 g/mol. The summed E-state index contributed by atoms with van der Waals surface area (Å²) >= 11 is 7.14. The van der Waals surface area contributed by atoms with Crippen LogP contribution >= 0.6 is 24.0 Å². The van der Waals surface area contributed by atoms with E-state index in [0.717, 1.165) is 13.0 Å². The summed E-state index contributed by atoms with van der Waals surface area (Å²) in [7, 11) is 0. The first-order valence-electron chi connectivity index (χ1n) is 5.55. The Morgan fingerprint density at radius 1 is 1.60 bits per heavy atom. The van der Waals surface area contributed by atoms with Crippen molar-refractivity contribution in [1.29, 1.82) is 0 Å². The van der Waals surface area contributed by atoms with Gasteiger partial charge in [-0.25, -0.2) is 0 Å². The van der Waals surface area contributed by atoms with E-state index in [2.05, 4.69) is 37.4 Å². The number of rotatable bonds is 4. The molecule has 0 amide bonds. The molecule has 1 fully saturated rings. The normalized spacial score (nSPS) is 24.1. The summed E-state index contributed by atoms with van der Waals surface area (Å²) in [5.41, 5.74) is 5.73. The Hall–Kier alpha value is 0.200. The second-order valence-electron chi connectivity index (χ2n) is 4.96. The molecule has 2 N–H and O–H groups in total. The molecule has 0 aromatic heterocycles. The molecule has 0 aromatic rings. The van der Waals surface area contributed by atoms with Gasteiger partial charge in [-0.1, -0.05) is 26.1 Å². The van der Waals surface area contributed by atoms with Crippen molar-refractivity contribution in [3.63, 3.8) is 0 Å². The predicted molar refractivity (Wildman–Crippen MR) is 73.5 cm³/mol. The molecule has 0 saturated carbocycles. The first-order valence-corrected chi connectivity index (χ1v) is 7.11. The van der Waals surface area contributed by atoms with E-state index < -0.39 is 0 Å². The number of nitrogens with zero attached hydrogens (tertiary/aromatic N) is 1. The van der Waals surface area contributed by atoms with Gasteiger partial charge in [-0.05, 0) is 19.9 Å². The smallest absolute Gasteiger partial charge is 0.0784 e. The van der Waals surface area contributed by atoms with E-state index in [4.69, 9.17) is 18.0 Å². The lowest BCUT2D eigenvalue weighted by atomic mass is 9.89. The monoisotopic (exact) mass is 246 g/mol. The second-order valence-corrected chi connectivity index (χ2v) is 6.55. The minimum atomic E-state index is -0.000354. The molecule has 2 nitrogen and oxygen atoms in total. The Balaban J connectivity index is 2.38. The molecule has 1 heterocycles. The van der Waals surface area contributed by atoms with Crippen LogP contribution in [0.2, 0.25) is 0 Å². The number of hydrogen-bond acceptors (Lipinski definition) is 3. The van der Waals surface area contributed by atoms with Gasteiger partial charge in [0.05, 0.1) is 4.99 Å². The summed E-state index contributed by atoms with van der Waals surface area (Å²) < 4.78 is 0. The van der Waals surface area contributed by atoms with Gasteiger partial charge < -0.3 is 5.73 Å². The lowest BCUT2D eigenvalue weighted by Crippen LogP contribution is -2.43. The van der Waals surface area contributed by atoms with Crippen LogP contribution in [0.3, 0.4) is 0 Å². The van der Waals surface area contributed by atoms with E-state index in [-0.39, 0.29) is 5.41 Å². The minimum absolute atomic E-state index is 0.000354. The average Bonchev–Trinajstić information content (AvgIpc) is 2.16. The maximum absolute atomic E-state index is 5.73. The zero-order valence-corrected chi connectivity index (χ0v) is 11.6. The SMILES string of the molecule is CC1CSCCN1CCC(C)(C)C(N)=S. The van der Waals surface area contributed by atoms with Crippen molar-refractivity contribution in [3.05, 3.63) is 0 Å². The molecular formula is C11H22N2S2. The molecule has 1 aliphatic rings. The zero-order chi connectivity index (χ0) is 11.5. The topological polar surface area (TPSA) is 29.3 Å². The molecule has 4 heteroatoms. The van der Waals surface area contributed by atoms with E-state index in [0.29, 0.717) is 11.0 Å². The van der Waals surface area contributed by atoms with E-state index in [1.54, 1.807) is 0 Å². The highest BCUT2D eigenvalue weighted by Crippen LogP contribution is 2.23. The molecule has 0 spiro atoms. The Kier molecular flexibility index (Phi) is 4.87. The fraction of sp³-hybridized carbons (Fsp3) is 0.909. The first kappa shape index (κ1) is 13.3. The van der Waals surface area contributed by atoms with Gasteiger partial charge in [0.1, 0.15) is 0 Å². The Morgan fingerprint density at radius 3 is 2.80 bits per heavy atom. The van der Waals surface area contributed by atoms with Crippen LogP contribution in [0.15, 0.2) is 0 Å². The maximum Gasteiger partial charge on any atom is 0.0784 e. The fourth-order valence-electron chi connectivity index (χ4n) is 1.64. The van der Waals surface area contributed by atoms with Crippen LogP contribution in [0.4, 0.5) is 0 Å². The molecule has 88 valence electrons. The highest BCUT2D eigenvalue weighted by molar-refractivity contribution is 7.99.